The maximum Gasteiger partial charge on any atom is 0.244 e. The average molecular weight is 310 g/mol. The Hall–Kier alpha value is -1.89. The predicted octanol–water partition coefficient (Wildman–Crippen LogP) is 1.64. The largest absolute Gasteiger partial charge is 0.325 e. The smallest absolute Gasteiger partial charge is 0.244 e. The van der Waals surface area contributed by atoms with Crippen LogP contribution in [0.4, 0.5) is 10.1 Å². The lowest BCUT2D eigenvalue weighted by atomic mass is 10.3. The molecule has 3 amide bonds. The molecule has 1 aliphatic heterocycles. The summed E-state index contributed by atoms with van der Waals surface area (Å²) in [5.41, 5.74) is 0.411. The molecule has 2 rings (SSSR count). The van der Waals surface area contributed by atoms with Crippen molar-refractivity contribution in [1.82, 2.24) is 4.90 Å². The van der Waals surface area contributed by atoms with Gasteiger partial charge >= 0.3 is 0 Å². The highest BCUT2D eigenvalue weighted by Gasteiger charge is 2.37. The summed E-state index contributed by atoms with van der Waals surface area (Å²) in [7, 11) is 0. The number of hydrogen-bond donors (Lipinski definition) is 1. The molecule has 0 aliphatic carbocycles. The van der Waals surface area contributed by atoms with Crippen molar-refractivity contribution >= 4 is 35.2 Å². The van der Waals surface area contributed by atoms with Crippen LogP contribution >= 0.6 is 11.8 Å². The van der Waals surface area contributed by atoms with Gasteiger partial charge in [-0.25, -0.2) is 4.39 Å². The zero-order valence-electron chi connectivity index (χ0n) is 11.6. The van der Waals surface area contributed by atoms with Gasteiger partial charge in [0.2, 0.25) is 17.7 Å². The van der Waals surface area contributed by atoms with Gasteiger partial charge in [-0.2, -0.15) is 0 Å². The number of amides is 3. The molecule has 0 spiro atoms. The van der Waals surface area contributed by atoms with Gasteiger partial charge in [-0.05, 0) is 38.1 Å². The number of nitrogens with one attached hydrogen (secondary N) is 1. The topological polar surface area (TPSA) is 66.5 Å². The van der Waals surface area contributed by atoms with Gasteiger partial charge in [-0.15, -0.1) is 11.8 Å². The number of hydrogen-bond acceptors (Lipinski definition) is 4. The van der Waals surface area contributed by atoms with E-state index in [4.69, 9.17) is 0 Å². The van der Waals surface area contributed by atoms with E-state index in [9.17, 15) is 18.8 Å². The van der Waals surface area contributed by atoms with Gasteiger partial charge in [0.15, 0.2) is 0 Å². The molecule has 112 valence electrons. The summed E-state index contributed by atoms with van der Waals surface area (Å²) in [6.07, 6.45) is 0. The van der Waals surface area contributed by atoms with Crippen LogP contribution in [-0.2, 0) is 14.4 Å². The summed E-state index contributed by atoms with van der Waals surface area (Å²) in [5.74, 6) is -1.63. The first-order valence-corrected chi connectivity index (χ1v) is 7.39. The number of carbonyl (C=O) groups excluding carboxylic acids is 3. The van der Waals surface area contributed by atoms with Crippen molar-refractivity contribution in [2.75, 3.05) is 11.9 Å². The third kappa shape index (κ3) is 3.60. The quantitative estimate of drug-likeness (QED) is 0.862. The van der Waals surface area contributed by atoms with Crippen LogP contribution in [0, 0.1) is 5.82 Å². The second-order valence-electron chi connectivity index (χ2n) is 4.74. The Morgan fingerprint density at radius 2 is 1.71 bits per heavy atom. The molecule has 1 aromatic rings. The normalized spacial score (nSPS) is 22.3. The molecular formula is C14H15FN2O3S. The SMILES string of the molecule is C[C@@H]1S[C@@H](C)C(=O)N(CC(=O)Nc2ccc(F)cc2)C1=O. The Labute approximate surface area is 125 Å². The fourth-order valence-electron chi connectivity index (χ4n) is 2.00. The number of benzene rings is 1. The molecule has 0 bridgehead atoms. The van der Waals surface area contributed by atoms with Crippen molar-refractivity contribution in [2.45, 2.75) is 24.3 Å². The van der Waals surface area contributed by atoms with Gasteiger partial charge in [-0.3, -0.25) is 19.3 Å². The molecule has 1 N–H and O–H groups in total. The highest BCUT2D eigenvalue weighted by Crippen LogP contribution is 2.26. The molecule has 21 heavy (non-hydrogen) atoms. The fraction of sp³-hybridized carbons (Fsp3) is 0.357. The van der Waals surface area contributed by atoms with Gasteiger partial charge in [0, 0.05) is 5.69 Å². The van der Waals surface area contributed by atoms with Crippen LogP contribution in [0.2, 0.25) is 0 Å². The molecular weight excluding hydrogens is 295 g/mol. The molecule has 0 saturated carbocycles. The molecule has 0 radical (unpaired) electrons. The average Bonchev–Trinajstić information content (AvgIpc) is 2.44. The van der Waals surface area contributed by atoms with E-state index >= 15 is 0 Å². The maximum atomic E-state index is 12.8. The first kappa shape index (κ1) is 15.5. The Morgan fingerprint density at radius 3 is 2.24 bits per heavy atom. The first-order chi connectivity index (χ1) is 9.88. The number of carbonyl (C=O) groups is 3. The Balaban J connectivity index is 2.02. The van der Waals surface area contributed by atoms with Gasteiger partial charge in [-0.1, -0.05) is 0 Å². The minimum absolute atomic E-state index is 0.329. The first-order valence-electron chi connectivity index (χ1n) is 6.44. The van der Waals surface area contributed by atoms with Gasteiger partial charge in [0.25, 0.3) is 0 Å². The highest BCUT2D eigenvalue weighted by atomic mass is 32.2. The van der Waals surface area contributed by atoms with E-state index in [0.29, 0.717) is 5.69 Å². The van der Waals surface area contributed by atoms with Crippen molar-refractivity contribution in [1.29, 1.82) is 0 Å². The number of anilines is 1. The molecule has 5 nitrogen and oxygen atoms in total. The number of halogens is 1. The van der Waals surface area contributed by atoms with E-state index in [1.165, 1.54) is 36.0 Å². The lowest BCUT2D eigenvalue weighted by Gasteiger charge is -2.31. The second kappa shape index (κ2) is 6.26. The van der Waals surface area contributed by atoms with E-state index in [2.05, 4.69) is 5.32 Å². The Bertz CT molecular complexity index is 556. The van der Waals surface area contributed by atoms with E-state index in [1.54, 1.807) is 13.8 Å². The number of rotatable bonds is 3. The molecule has 1 fully saturated rings. The van der Waals surface area contributed by atoms with Crippen LogP contribution in [-0.4, -0.2) is 39.7 Å². The summed E-state index contributed by atoms with van der Waals surface area (Å²) in [6, 6.07) is 5.25. The third-order valence-electron chi connectivity index (χ3n) is 3.07. The maximum absolute atomic E-state index is 12.8. The van der Waals surface area contributed by atoms with Gasteiger partial charge in [0.1, 0.15) is 12.4 Å². The van der Waals surface area contributed by atoms with E-state index in [1.807, 2.05) is 0 Å². The van der Waals surface area contributed by atoms with Crippen LogP contribution in [0.3, 0.4) is 0 Å². The minimum atomic E-state index is -0.491. The molecule has 2 atom stereocenters. The Morgan fingerprint density at radius 1 is 1.19 bits per heavy atom. The predicted molar refractivity (Wildman–Crippen MR) is 78.3 cm³/mol. The van der Waals surface area contributed by atoms with Gasteiger partial charge < -0.3 is 5.32 Å². The third-order valence-corrected chi connectivity index (χ3v) is 4.29. The van der Waals surface area contributed by atoms with Crippen LogP contribution in [0.1, 0.15) is 13.8 Å². The van der Waals surface area contributed by atoms with Crippen LogP contribution < -0.4 is 5.32 Å². The van der Waals surface area contributed by atoms with Crippen molar-refractivity contribution in [3.63, 3.8) is 0 Å². The summed E-state index contributed by atoms with van der Waals surface area (Å²) in [4.78, 5) is 36.8. The molecule has 1 aromatic carbocycles. The lowest BCUT2D eigenvalue weighted by Crippen LogP contribution is -2.52. The molecule has 7 heteroatoms. The molecule has 1 heterocycles. The molecule has 0 aromatic heterocycles. The molecule has 1 saturated heterocycles. The summed E-state index contributed by atoms with van der Waals surface area (Å²) < 4.78 is 12.8. The lowest BCUT2D eigenvalue weighted by molar-refractivity contribution is -0.147. The number of thioether (sulfide) groups is 1. The van der Waals surface area contributed by atoms with E-state index in [-0.39, 0.29) is 28.9 Å². The number of imide groups is 1. The van der Waals surface area contributed by atoms with Crippen LogP contribution in [0.5, 0.6) is 0 Å². The highest BCUT2D eigenvalue weighted by molar-refractivity contribution is 8.02. The molecule has 1 aliphatic rings. The van der Waals surface area contributed by atoms with Crippen LogP contribution in [0.15, 0.2) is 24.3 Å². The second-order valence-corrected chi connectivity index (χ2v) is 6.42. The van der Waals surface area contributed by atoms with Crippen LogP contribution in [0.25, 0.3) is 0 Å². The zero-order chi connectivity index (χ0) is 15.6. The zero-order valence-corrected chi connectivity index (χ0v) is 12.4. The van der Waals surface area contributed by atoms with Crippen molar-refractivity contribution in [3.8, 4) is 0 Å². The monoisotopic (exact) mass is 310 g/mol. The van der Waals surface area contributed by atoms with E-state index < -0.39 is 11.7 Å². The summed E-state index contributed by atoms with van der Waals surface area (Å²) in [6.45, 7) is 3.09. The van der Waals surface area contributed by atoms with Gasteiger partial charge in [0.05, 0.1) is 10.5 Å². The number of nitrogens with zero attached hydrogens (tertiary/aromatic N) is 1. The summed E-state index contributed by atoms with van der Waals surface area (Å²) in [5, 5.41) is 1.83. The van der Waals surface area contributed by atoms with Crippen molar-refractivity contribution in [2.24, 2.45) is 0 Å². The molecule has 0 unspecified atom stereocenters. The minimum Gasteiger partial charge on any atom is -0.325 e. The van der Waals surface area contributed by atoms with E-state index in [0.717, 1.165) is 4.90 Å². The van der Waals surface area contributed by atoms with Crippen molar-refractivity contribution < 1.29 is 18.8 Å². The fourth-order valence-corrected chi connectivity index (χ4v) is 3.10. The summed E-state index contributed by atoms with van der Waals surface area (Å²) >= 11 is 1.28. The van der Waals surface area contributed by atoms with Crippen molar-refractivity contribution in [3.05, 3.63) is 30.1 Å². The Kier molecular flexibility index (Phi) is 4.62. The standard InChI is InChI=1S/C14H15FN2O3S/c1-8-13(19)17(14(20)9(2)21-8)7-12(18)16-11-5-3-10(15)4-6-11/h3-6,8-9H,7H2,1-2H3,(H,16,18)/t8-,9-/m0/s1.